The molecule has 2 atom stereocenters. The van der Waals surface area contributed by atoms with Crippen LogP contribution >= 0.6 is 7.82 Å². The van der Waals surface area contributed by atoms with Crippen LogP contribution in [0.15, 0.2) is 0 Å². The second kappa shape index (κ2) is 11.6. The molecule has 0 amide bonds. The molecule has 12 heteroatoms. The first kappa shape index (κ1) is 28.3. The van der Waals surface area contributed by atoms with Gasteiger partial charge in [-0.05, 0) is 13.8 Å². The molecule has 8 nitrogen and oxygen atoms in total. The summed E-state index contributed by atoms with van der Waals surface area (Å²) in [5.41, 5.74) is -1.33. The lowest BCUT2D eigenvalue weighted by atomic mass is 9.95. The van der Waals surface area contributed by atoms with Gasteiger partial charge >= 0.3 is 13.8 Å². The van der Waals surface area contributed by atoms with Crippen molar-refractivity contribution >= 4 is 13.8 Å². The van der Waals surface area contributed by atoms with Crippen LogP contribution in [0.3, 0.4) is 0 Å². The monoisotopic (exact) mass is 452 g/mol. The number of phosphoric ester groups is 1. The van der Waals surface area contributed by atoms with E-state index in [2.05, 4.69) is 0 Å². The number of hydrogen-bond acceptors (Lipinski definition) is 6. The molecule has 2 unspecified atom stereocenters. The Balaban J connectivity index is 4.36. The van der Waals surface area contributed by atoms with Crippen LogP contribution in [0.2, 0.25) is 0 Å². The molecule has 0 aliphatic heterocycles. The van der Waals surface area contributed by atoms with E-state index in [9.17, 15) is 27.4 Å². The summed E-state index contributed by atoms with van der Waals surface area (Å²) in [6.07, 6.45) is -2.55. The number of likely N-dealkylation sites (N-methyl/N-ethyl adjacent to an activating group) is 1. The molecule has 0 aromatic heterocycles. The van der Waals surface area contributed by atoms with Gasteiger partial charge in [-0.15, -0.1) is 0 Å². The van der Waals surface area contributed by atoms with Gasteiger partial charge in [0.15, 0.2) is 0 Å². The minimum absolute atomic E-state index is 0.000429. The SMILES string of the molecule is CCC(F)(F)C(CF)OCC(C)(C)C(=O)OCCOP(=O)(O)OCC[N+](C)(C)C. The fourth-order valence-corrected chi connectivity index (χ4v) is 2.52. The van der Waals surface area contributed by atoms with Crippen LogP contribution in [0.4, 0.5) is 13.2 Å². The highest BCUT2D eigenvalue weighted by atomic mass is 31.2. The summed E-state index contributed by atoms with van der Waals surface area (Å²) in [7, 11) is 1.37. The minimum atomic E-state index is -4.28. The van der Waals surface area contributed by atoms with E-state index in [-0.39, 0.29) is 13.2 Å². The third-order valence-electron chi connectivity index (χ3n) is 3.87. The number of carbonyl (C=O) groups excluding carboxylic acids is 1. The molecular formula is C17H34F3NO7P+. The fraction of sp³-hybridized carbons (Fsp3) is 0.941. The molecule has 0 spiro atoms. The number of nitrogens with zero attached hydrogens (tertiary/aromatic N) is 1. The zero-order valence-electron chi connectivity index (χ0n) is 18.0. The number of esters is 1. The van der Waals surface area contributed by atoms with E-state index in [1.165, 1.54) is 20.8 Å². The highest BCUT2D eigenvalue weighted by Gasteiger charge is 2.41. The standard InChI is InChI=1S/C17H33F3NO7P/c1-7-17(19,20)14(12-18)26-13-16(2,3)15(22)25-10-11-28-29(23,24)27-9-8-21(4,5)6/h14H,7-13H2,1-6H3/p+1. The second-order valence-electron chi connectivity index (χ2n) is 8.24. The zero-order valence-corrected chi connectivity index (χ0v) is 18.8. The summed E-state index contributed by atoms with van der Waals surface area (Å²) in [5, 5.41) is 0. The first-order valence-corrected chi connectivity index (χ1v) is 10.7. The maximum absolute atomic E-state index is 13.5. The quantitative estimate of drug-likeness (QED) is 0.177. The van der Waals surface area contributed by atoms with Crippen molar-refractivity contribution in [3.63, 3.8) is 0 Å². The smallest absolute Gasteiger partial charge is 0.463 e. The number of phosphoric acid groups is 1. The van der Waals surface area contributed by atoms with Crippen molar-refractivity contribution in [3.8, 4) is 0 Å². The molecule has 0 rings (SSSR count). The zero-order chi connectivity index (χ0) is 22.9. The Morgan fingerprint density at radius 1 is 1.14 bits per heavy atom. The van der Waals surface area contributed by atoms with Crippen molar-refractivity contribution in [2.24, 2.45) is 5.41 Å². The van der Waals surface area contributed by atoms with Gasteiger partial charge in [0.05, 0.1) is 39.8 Å². The van der Waals surface area contributed by atoms with Crippen LogP contribution in [0.1, 0.15) is 27.2 Å². The van der Waals surface area contributed by atoms with Gasteiger partial charge in [0, 0.05) is 6.42 Å². The maximum atomic E-state index is 13.5. The second-order valence-corrected chi connectivity index (χ2v) is 9.69. The largest absolute Gasteiger partial charge is 0.472 e. The molecular weight excluding hydrogens is 418 g/mol. The normalized spacial score (nSPS) is 16.3. The molecule has 0 bridgehead atoms. The van der Waals surface area contributed by atoms with Gasteiger partial charge in [-0.1, -0.05) is 6.92 Å². The van der Waals surface area contributed by atoms with E-state index in [0.29, 0.717) is 11.0 Å². The van der Waals surface area contributed by atoms with Gasteiger partial charge in [-0.2, -0.15) is 0 Å². The van der Waals surface area contributed by atoms with Crippen LogP contribution < -0.4 is 0 Å². The van der Waals surface area contributed by atoms with Crippen LogP contribution in [-0.4, -0.2) is 88.2 Å². The number of hydrogen-bond donors (Lipinski definition) is 1. The predicted octanol–water partition coefficient (Wildman–Crippen LogP) is 2.80. The number of carbonyl (C=O) groups is 1. The molecule has 29 heavy (non-hydrogen) atoms. The third-order valence-corrected chi connectivity index (χ3v) is 4.89. The molecule has 0 heterocycles. The van der Waals surface area contributed by atoms with Gasteiger partial charge < -0.3 is 18.9 Å². The number of halogens is 3. The molecule has 0 aromatic carbocycles. The van der Waals surface area contributed by atoms with E-state index in [1.54, 1.807) is 0 Å². The molecule has 0 aromatic rings. The molecule has 0 saturated carbocycles. The van der Waals surface area contributed by atoms with Crippen LogP contribution in [-0.2, 0) is 27.9 Å². The lowest BCUT2D eigenvalue weighted by Gasteiger charge is -2.28. The molecule has 0 aliphatic carbocycles. The fourth-order valence-electron chi connectivity index (χ4n) is 1.82. The summed E-state index contributed by atoms with van der Waals surface area (Å²) < 4.78 is 71.5. The average molecular weight is 452 g/mol. The lowest BCUT2D eigenvalue weighted by Crippen LogP contribution is -2.41. The Kier molecular flexibility index (Phi) is 11.3. The Labute approximate surface area is 170 Å². The topological polar surface area (TPSA) is 91.3 Å². The van der Waals surface area contributed by atoms with Gasteiger partial charge in [0.25, 0.3) is 5.92 Å². The van der Waals surface area contributed by atoms with Crippen LogP contribution in [0.25, 0.3) is 0 Å². The van der Waals surface area contributed by atoms with E-state index in [1.807, 2.05) is 21.1 Å². The van der Waals surface area contributed by atoms with Crippen molar-refractivity contribution in [1.82, 2.24) is 0 Å². The average Bonchev–Trinajstić information content (AvgIpc) is 2.57. The molecule has 0 saturated heterocycles. The number of quaternary nitrogens is 1. The van der Waals surface area contributed by atoms with Gasteiger partial charge in [-0.3, -0.25) is 13.8 Å². The van der Waals surface area contributed by atoms with Crippen molar-refractivity contribution in [2.75, 3.05) is 60.8 Å². The summed E-state index contributed by atoms with van der Waals surface area (Å²) in [6, 6.07) is 0. The summed E-state index contributed by atoms with van der Waals surface area (Å²) >= 11 is 0. The van der Waals surface area contributed by atoms with Crippen molar-refractivity contribution in [3.05, 3.63) is 0 Å². The number of alkyl halides is 3. The Hall–Kier alpha value is -0.710. The van der Waals surface area contributed by atoms with Crippen molar-refractivity contribution in [1.29, 1.82) is 0 Å². The van der Waals surface area contributed by atoms with Gasteiger partial charge in [0.1, 0.15) is 32.5 Å². The Bertz CT molecular complexity index is 556. The molecule has 0 fully saturated rings. The Morgan fingerprint density at radius 2 is 1.69 bits per heavy atom. The summed E-state index contributed by atoms with van der Waals surface area (Å²) in [4.78, 5) is 21.6. The van der Waals surface area contributed by atoms with Gasteiger partial charge in [0.2, 0.25) is 0 Å². The molecule has 1 N–H and O–H groups in total. The summed E-state index contributed by atoms with van der Waals surface area (Å²) in [5.74, 6) is -4.16. The minimum Gasteiger partial charge on any atom is -0.463 e. The Morgan fingerprint density at radius 3 is 2.17 bits per heavy atom. The van der Waals surface area contributed by atoms with E-state index in [4.69, 9.17) is 18.5 Å². The van der Waals surface area contributed by atoms with Crippen LogP contribution in [0, 0.1) is 5.41 Å². The van der Waals surface area contributed by atoms with E-state index in [0.717, 1.165) is 0 Å². The van der Waals surface area contributed by atoms with Gasteiger partial charge in [-0.25, -0.2) is 17.7 Å². The lowest BCUT2D eigenvalue weighted by molar-refractivity contribution is -0.870. The van der Waals surface area contributed by atoms with Crippen molar-refractivity contribution < 1.29 is 50.4 Å². The summed E-state index contributed by atoms with van der Waals surface area (Å²) in [6.45, 7) is 1.83. The molecule has 0 aliphatic rings. The predicted molar refractivity (Wildman–Crippen MR) is 100 cm³/mol. The number of ether oxygens (including phenoxy) is 2. The highest BCUT2D eigenvalue weighted by Crippen LogP contribution is 2.42. The van der Waals surface area contributed by atoms with E-state index < -0.39 is 57.5 Å². The molecule has 174 valence electrons. The highest BCUT2D eigenvalue weighted by molar-refractivity contribution is 7.47. The third kappa shape index (κ3) is 11.9. The maximum Gasteiger partial charge on any atom is 0.472 e. The van der Waals surface area contributed by atoms with Crippen molar-refractivity contribution in [2.45, 2.75) is 39.2 Å². The molecule has 0 radical (unpaired) electrons. The first-order chi connectivity index (χ1) is 13.1. The number of rotatable bonds is 15. The van der Waals surface area contributed by atoms with Crippen LogP contribution in [0.5, 0.6) is 0 Å². The first-order valence-electron chi connectivity index (χ1n) is 9.21. The van der Waals surface area contributed by atoms with E-state index >= 15 is 0 Å².